The minimum Gasteiger partial charge on any atom is -0.497 e. The van der Waals surface area contributed by atoms with Gasteiger partial charge < -0.3 is 14.4 Å². The topological polar surface area (TPSA) is 39.0 Å². The molecule has 0 saturated heterocycles. The molecule has 1 aromatic carbocycles. The second-order valence-corrected chi connectivity index (χ2v) is 9.21. The predicted octanol–water partition coefficient (Wildman–Crippen LogP) is 5.49. The lowest BCUT2D eigenvalue weighted by molar-refractivity contribution is 0.394. The van der Waals surface area contributed by atoms with E-state index >= 15 is 0 Å². The second-order valence-electron chi connectivity index (χ2n) is 8.41. The Balaban J connectivity index is 1.78. The molecule has 2 aliphatic carbocycles. The standard InChI is InChI=1S/C24H29N3O2S/c1-14-6-11-19(21-15(2)12-18(28-3)13-20(21)29-4)27-22(14)23(24(25-27)30-5)26(16-7-8-16)17-9-10-17/h6,11-13,16-17H,7-10H2,1-5H3. The Morgan fingerprint density at radius 1 is 1.00 bits per heavy atom. The number of nitrogens with zero attached hydrogens (tertiary/aromatic N) is 3. The highest BCUT2D eigenvalue weighted by atomic mass is 32.2. The minimum atomic E-state index is 0.678. The van der Waals surface area contributed by atoms with Gasteiger partial charge in [0.15, 0.2) is 0 Å². The van der Waals surface area contributed by atoms with E-state index in [1.165, 1.54) is 42.5 Å². The summed E-state index contributed by atoms with van der Waals surface area (Å²) < 4.78 is 13.4. The van der Waals surface area contributed by atoms with Crippen LogP contribution in [0.4, 0.5) is 5.69 Å². The summed E-state index contributed by atoms with van der Waals surface area (Å²) in [5.74, 6) is 1.61. The number of aryl methyl sites for hydroxylation is 2. The maximum atomic E-state index is 5.77. The minimum absolute atomic E-state index is 0.678. The van der Waals surface area contributed by atoms with E-state index in [4.69, 9.17) is 14.6 Å². The van der Waals surface area contributed by atoms with Gasteiger partial charge in [-0.05, 0) is 69.0 Å². The molecular formula is C24H29N3O2S. The molecule has 0 N–H and O–H groups in total. The van der Waals surface area contributed by atoms with E-state index in [2.05, 4.69) is 47.7 Å². The van der Waals surface area contributed by atoms with Gasteiger partial charge in [0.2, 0.25) is 0 Å². The van der Waals surface area contributed by atoms with Crippen LogP contribution in [0.5, 0.6) is 11.5 Å². The van der Waals surface area contributed by atoms with Gasteiger partial charge in [0.05, 0.1) is 31.1 Å². The summed E-state index contributed by atoms with van der Waals surface area (Å²) in [6.07, 6.45) is 7.33. The van der Waals surface area contributed by atoms with Gasteiger partial charge in [-0.15, -0.1) is 11.8 Å². The first-order valence-corrected chi connectivity index (χ1v) is 11.9. The first-order valence-electron chi connectivity index (χ1n) is 10.6. The Hall–Kier alpha value is -2.34. The van der Waals surface area contributed by atoms with Gasteiger partial charge >= 0.3 is 0 Å². The zero-order chi connectivity index (χ0) is 21.0. The van der Waals surface area contributed by atoms with Crippen molar-refractivity contribution in [2.24, 2.45) is 0 Å². The molecule has 2 fully saturated rings. The average Bonchev–Trinajstić information content (AvgIpc) is 3.67. The van der Waals surface area contributed by atoms with E-state index in [1.54, 1.807) is 26.0 Å². The van der Waals surface area contributed by atoms with Crippen LogP contribution < -0.4 is 14.4 Å². The van der Waals surface area contributed by atoms with Crippen molar-refractivity contribution >= 4 is 23.0 Å². The molecule has 0 spiro atoms. The van der Waals surface area contributed by atoms with Gasteiger partial charge in [0, 0.05) is 23.7 Å². The fourth-order valence-corrected chi connectivity index (χ4v) is 5.09. The van der Waals surface area contributed by atoms with E-state index in [0.717, 1.165) is 33.3 Å². The Labute approximate surface area is 182 Å². The van der Waals surface area contributed by atoms with Gasteiger partial charge in [0.25, 0.3) is 0 Å². The predicted molar refractivity (Wildman–Crippen MR) is 124 cm³/mol. The molecule has 0 radical (unpaired) electrons. The highest BCUT2D eigenvalue weighted by molar-refractivity contribution is 7.98. The number of anilines is 1. The molecule has 0 atom stereocenters. The van der Waals surface area contributed by atoms with E-state index < -0.39 is 0 Å². The summed E-state index contributed by atoms with van der Waals surface area (Å²) in [7, 11) is 3.40. The normalized spacial score (nSPS) is 16.2. The molecule has 2 aromatic heterocycles. The molecule has 2 saturated carbocycles. The van der Waals surface area contributed by atoms with Gasteiger partial charge in [-0.1, -0.05) is 6.07 Å². The van der Waals surface area contributed by atoms with Crippen molar-refractivity contribution in [3.8, 4) is 22.8 Å². The van der Waals surface area contributed by atoms with Crippen LogP contribution in [0, 0.1) is 13.8 Å². The molecule has 30 heavy (non-hydrogen) atoms. The molecule has 6 heteroatoms. The van der Waals surface area contributed by atoms with Crippen molar-refractivity contribution in [2.75, 3.05) is 25.4 Å². The van der Waals surface area contributed by atoms with Gasteiger partial charge in [-0.25, -0.2) is 4.52 Å². The molecule has 5 rings (SSSR count). The summed E-state index contributed by atoms with van der Waals surface area (Å²) >= 11 is 1.75. The number of fused-ring (bicyclic) bond motifs is 1. The Morgan fingerprint density at radius 3 is 2.27 bits per heavy atom. The van der Waals surface area contributed by atoms with Crippen LogP contribution in [0.15, 0.2) is 29.3 Å². The van der Waals surface area contributed by atoms with Crippen LogP contribution in [0.2, 0.25) is 0 Å². The lowest BCUT2D eigenvalue weighted by Crippen LogP contribution is -2.28. The molecule has 0 aliphatic heterocycles. The molecule has 2 heterocycles. The number of ether oxygens (including phenoxy) is 2. The number of methoxy groups -OCH3 is 2. The van der Waals surface area contributed by atoms with E-state index in [9.17, 15) is 0 Å². The highest BCUT2D eigenvalue weighted by Gasteiger charge is 2.42. The average molecular weight is 424 g/mol. The number of hydrogen-bond acceptors (Lipinski definition) is 5. The second kappa shape index (κ2) is 7.41. The smallest absolute Gasteiger partial charge is 0.142 e. The van der Waals surface area contributed by atoms with Crippen molar-refractivity contribution in [1.29, 1.82) is 0 Å². The number of aromatic nitrogens is 2. The van der Waals surface area contributed by atoms with E-state index in [0.29, 0.717) is 12.1 Å². The van der Waals surface area contributed by atoms with Crippen LogP contribution in [0.3, 0.4) is 0 Å². The summed E-state index contributed by atoms with van der Waals surface area (Å²) in [6.45, 7) is 4.30. The number of benzene rings is 1. The van der Waals surface area contributed by atoms with Crippen molar-refractivity contribution in [3.63, 3.8) is 0 Å². The molecule has 5 nitrogen and oxygen atoms in total. The SMILES string of the molecule is COc1cc(C)c(-c2ccc(C)c3c(N(C4CC4)C4CC4)c(SC)nn23)c(OC)c1. The lowest BCUT2D eigenvalue weighted by Gasteiger charge is -2.25. The van der Waals surface area contributed by atoms with Crippen LogP contribution in [0.25, 0.3) is 16.8 Å². The molecule has 0 amide bonds. The van der Waals surface area contributed by atoms with Crippen LogP contribution in [-0.4, -0.2) is 42.2 Å². The monoisotopic (exact) mass is 423 g/mol. The quantitative estimate of drug-likeness (QED) is 0.470. The molecule has 0 unspecified atom stereocenters. The first kappa shape index (κ1) is 19.6. The first-order chi connectivity index (χ1) is 14.6. The van der Waals surface area contributed by atoms with Crippen LogP contribution in [0.1, 0.15) is 36.8 Å². The molecule has 2 aliphatic rings. The third kappa shape index (κ3) is 3.13. The van der Waals surface area contributed by atoms with Crippen molar-refractivity contribution in [2.45, 2.75) is 56.6 Å². The summed E-state index contributed by atoms with van der Waals surface area (Å²) in [4.78, 5) is 2.68. The number of thioether (sulfide) groups is 1. The fourth-order valence-electron chi connectivity index (χ4n) is 4.53. The lowest BCUT2D eigenvalue weighted by atomic mass is 10.0. The highest BCUT2D eigenvalue weighted by Crippen LogP contribution is 2.47. The van der Waals surface area contributed by atoms with Crippen molar-refractivity contribution in [1.82, 2.24) is 9.61 Å². The van der Waals surface area contributed by atoms with Crippen molar-refractivity contribution < 1.29 is 9.47 Å². The third-order valence-electron chi connectivity index (χ3n) is 6.24. The van der Waals surface area contributed by atoms with Crippen LogP contribution >= 0.6 is 11.8 Å². The summed E-state index contributed by atoms with van der Waals surface area (Å²) in [5.41, 5.74) is 7.05. The van der Waals surface area contributed by atoms with Crippen molar-refractivity contribution in [3.05, 3.63) is 35.4 Å². The Kier molecular flexibility index (Phi) is 4.85. The van der Waals surface area contributed by atoms with E-state index in [-0.39, 0.29) is 0 Å². The zero-order valence-electron chi connectivity index (χ0n) is 18.4. The number of pyridine rings is 1. The largest absolute Gasteiger partial charge is 0.497 e. The summed E-state index contributed by atoms with van der Waals surface area (Å²) in [5, 5.41) is 6.24. The Bertz CT molecular complexity index is 1100. The van der Waals surface area contributed by atoms with Crippen LogP contribution in [-0.2, 0) is 0 Å². The summed E-state index contributed by atoms with van der Waals surface area (Å²) in [6, 6.07) is 9.76. The maximum Gasteiger partial charge on any atom is 0.142 e. The van der Waals surface area contributed by atoms with Gasteiger partial charge in [-0.2, -0.15) is 5.10 Å². The van der Waals surface area contributed by atoms with E-state index in [1.807, 2.05) is 6.07 Å². The molecule has 158 valence electrons. The molecular weight excluding hydrogens is 394 g/mol. The third-order valence-corrected chi connectivity index (χ3v) is 6.90. The Morgan fingerprint density at radius 2 is 1.70 bits per heavy atom. The number of hydrogen-bond donors (Lipinski definition) is 0. The maximum absolute atomic E-state index is 5.77. The van der Waals surface area contributed by atoms with Gasteiger partial charge in [-0.3, -0.25) is 0 Å². The van der Waals surface area contributed by atoms with Gasteiger partial charge in [0.1, 0.15) is 16.5 Å². The fraction of sp³-hybridized carbons (Fsp3) is 0.458. The zero-order valence-corrected chi connectivity index (χ0v) is 19.2. The molecule has 3 aromatic rings. The molecule has 0 bridgehead atoms. The number of rotatable bonds is 7.